The number of benzene rings is 1. The first-order valence-electron chi connectivity index (χ1n) is 6.47. The molecule has 0 bridgehead atoms. The van der Waals surface area contributed by atoms with Gasteiger partial charge in [0.25, 0.3) is 10.0 Å². The lowest BCUT2D eigenvalue weighted by atomic mass is 10.4. The van der Waals surface area contributed by atoms with Crippen molar-refractivity contribution in [2.24, 2.45) is 0 Å². The molecule has 0 saturated heterocycles. The average Bonchev–Trinajstić information content (AvgIpc) is 2.84. The lowest BCUT2D eigenvalue weighted by molar-refractivity contribution is 0.443. The molecule has 2 heterocycles. The highest BCUT2D eigenvalue weighted by molar-refractivity contribution is 7.90. The molecule has 24 heavy (non-hydrogen) atoms. The molecular weight excluding hydrogens is 377 g/mol. The van der Waals surface area contributed by atoms with Crippen molar-refractivity contribution in [1.29, 1.82) is 0 Å². The van der Waals surface area contributed by atoms with Crippen LogP contribution in [-0.4, -0.2) is 27.0 Å². The Kier molecular flexibility index (Phi) is 4.12. The molecule has 124 valence electrons. The zero-order chi connectivity index (χ0) is 17.5. The van der Waals surface area contributed by atoms with Gasteiger partial charge in [-0.25, -0.2) is 22.8 Å². The van der Waals surface area contributed by atoms with E-state index in [1.54, 1.807) is 0 Å². The predicted molar refractivity (Wildman–Crippen MR) is 88.5 cm³/mol. The minimum absolute atomic E-state index is 0.116. The molecule has 0 aliphatic carbocycles. The van der Waals surface area contributed by atoms with E-state index in [1.807, 2.05) is 0 Å². The van der Waals surface area contributed by atoms with Gasteiger partial charge in [-0.1, -0.05) is 23.2 Å². The van der Waals surface area contributed by atoms with Crippen LogP contribution in [0.5, 0.6) is 5.88 Å². The summed E-state index contributed by atoms with van der Waals surface area (Å²) in [6.45, 7) is 0. The summed E-state index contributed by atoms with van der Waals surface area (Å²) < 4.78 is 26.4. The Morgan fingerprint density at radius 3 is 2.21 bits per heavy atom. The van der Waals surface area contributed by atoms with Gasteiger partial charge in [-0.15, -0.1) is 3.97 Å². The highest BCUT2D eigenvalue weighted by atomic mass is 35.5. The molecule has 0 saturated carbocycles. The van der Waals surface area contributed by atoms with Crippen molar-refractivity contribution in [3.8, 4) is 11.7 Å². The van der Waals surface area contributed by atoms with Gasteiger partial charge >= 0.3 is 5.69 Å². The second-order valence-electron chi connectivity index (χ2n) is 4.70. The van der Waals surface area contributed by atoms with Crippen molar-refractivity contribution in [2.45, 2.75) is 4.90 Å². The van der Waals surface area contributed by atoms with Gasteiger partial charge in [0.1, 0.15) is 5.82 Å². The predicted octanol–water partition coefficient (Wildman–Crippen LogP) is 2.28. The van der Waals surface area contributed by atoms with E-state index in [1.165, 1.54) is 42.6 Å². The van der Waals surface area contributed by atoms with Crippen molar-refractivity contribution in [2.75, 3.05) is 0 Å². The average molecular weight is 386 g/mol. The Morgan fingerprint density at radius 2 is 1.62 bits per heavy atom. The quantitative estimate of drug-likeness (QED) is 0.746. The van der Waals surface area contributed by atoms with Gasteiger partial charge in [0.2, 0.25) is 5.88 Å². The van der Waals surface area contributed by atoms with Crippen molar-refractivity contribution >= 4 is 33.2 Å². The van der Waals surface area contributed by atoms with E-state index in [4.69, 9.17) is 23.2 Å². The molecule has 10 heteroatoms. The molecule has 1 N–H and O–H groups in total. The molecule has 0 unspecified atom stereocenters. The van der Waals surface area contributed by atoms with Gasteiger partial charge in [0.15, 0.2) is 0 Å². The van der Waals surface area contributed by atoms with Crippen LogP contribution in [0.15, 0.2) is 58.5 Å². The van der Waals surface area contributed by atoms with E-state index in [2.05, 4.69) is 4.98 Å². The number of hydrogen-bond acceptors (Lipinski definition) is 5. The Labute approximate surface area is 146 Å². The van der Waals surface area contributed by atoms with Crippen LogP contribution in [0.4, 0.5) is 0 Å². The van der Waals surface area contributed by atoms with E-state index in [-0.39, 0.29) is 14.7 Å². The van der Waals surface area contributed by atoms with E-state index in [9.17, 15) is 18.3 Å². The Bertz CT molecular complexity index is 1050. The van der Waals surface area contributed by atoms with Gasteiger partial charge in [-0.2, -0.15) is 0 Å². The summed E-state index contributed by atoms with van der Waals surface area (Å²) in [5.41, 5.74) is -0.989. The second-order valence-corrected chi connectivity index (χ2v) is 7.36. The molecule has 2 aromatic heterocycles. The Balaban J connectivity index is 2.17. The third-order valence-corrected chi connectivity index (χ3v) is 5.31. The minimum Gasteiger partial charge on any atom is -0.493 e. The maximum absolute atomic E-state index is 12.6. The molecule has 0 amide bonds. The standard InChI is InChI=1S/C14H9Cl2N3O4S/c15-9-1-4-11(5-2-9)24(22,23)19-13(20)8-18(14(19)21)12-6-3-10(16)7-17-12/h1-8,20H. The third kappa shape index (κ3) is 2.79. The molecule has 0 atom stereocenters. The Hall–Kier alpha value is -2.29. The highest BCUT2D eigenvalue weighted by Crippen LogP contribution is 2.21. The number of hydrogen-bond donors (Lipinski definition) is 1. The van der Waals surface area contributed by atoms with E-state index in [0.717, 1.165) is 10.8 Å². The first kappa shape index (κ1) is 16.6. The normalized spacial score (nSPS) is 11.6. The summed E-state index contributed by atoms with van der Waals surface area (Å²) in [7, 11) is -4.29. The first-order valence-corrected chi connectivity index (χ1v) is 8.67. The van der Waals surface area contributed by atoms with Crippen LogP contribution in [0.1, 0.15) is 0 Å². The number of pyridine rings is 1. The van der Waals surface area contributed by atoms with Gasteiger partial charge < -0.3 is 5.11 Å². The number of halogens is 2. The monoisotopic (exact) mass is 385 g/mol. The van der Waals surface area contributed by atoms with E-state index < -0.39 is 21.6 Å². The van der Waals surface area contributed by atoms with Gasteiger partial charge in [0.05, 0.1) is 16.1 Å². The fraction of sp³-hybridized carbons (Fsp3) is 0. The van der Waals surface area contributed by atoms with Gasteiger partial charge in [-0.05, 0) is 36.4 Å². The molecule has 3 rings (SSSR count). The molecule has 3 aromatic rings. The first-order chi connectivity index (χ1) is 11.3. The number of aromatic hydroxyl groups is 1. The van der Waals surface area contributed by atoms with Crippen LogP contribution in [0, 0.1) is 0 Å². The molecule has 0 radical (unpaired) electrons. The fourth-order valence-electron chi connectivity index (χ4n) is 2.03. The topological polar surface area (TPSA) is 94.2 Å². The van der Waals surface area contributed by atoms with Crippen LogP contribution in [-0.2, 0) is 10.0 Å². The summed E-state index contributed by atoms with van der Waals surface area (Å²) in [4.78, 5) is 16.2. The van der Waals surface area contributed by atoms with Crippen molar-refractivity contribution in [3.05, 3.63) is 69.3 Å². The third-order valence-electron chi connectivity index (χ3n) is 3.14. The van der Waals surface area contributed by atoms with Crippen LogP contribution in [0.3, 0.4) is 0 Å². The molecule has 1 aromatic carbocycles. The number of nitrogens with zero attached hydrogens (tertiary/aromatic N) is 3. The molecule has 0 spiro atoms. The largest absolute Gasteiger partial charge is 0.493 e. The zero-order valence-corrected chi connectivity index (χ0v) is 14.1. The van der Waals surface area contributed by atoms with Crippen molar-refractivity contribution in [3.63, 3.8) is 0 Å². The molecular formula is C14H9Cl2N3O4S. The summed E-state index contributed by atoms with van der Waals surface area (Å²) in [6.07, 6.45) is 2.26. The molecule has 0 aliphatic heterocycles. The van der Waals surface area contributed by atoms with Gasteiger partial charge in [0, 0.05) is 11.2 Å². The Morgan fingerprint density at radius 1 is 1.00 bits per heavy atom. The van der Waals surface area contributed by atoms with Crippen LogP contribution >= 0.6 is 23.2 Å². The summed E-state index contributed by atoms with van der Waals surface area (Å²) >= 11 is 11.5. The number of rotatable bonds is 3. The zero-order valence-electron chi connectivity index (χ0n) is 11.8. The number of aromatic nitrogens is 3. The summed E-state index contributed by atoms with van der Waals surface area (Å²) in [6, 6.07) is 8.12. The summed E-state index contributed by atoms with van der Waals surface area (Å²) in [5.74, 6) is -0.628. The SMILES string of the molecule is O=c1n(-c2ccc(Cl)cn2)cc(O)n1S(=O)(=O)c1ccc(Cl)cc1. The molecule has 0 fully saturated rings. The van der Waals surface area contributed by atoms with Crippen molar-refractivity contribution in [1.82, 2.24) is 13.5 Å². The highest BCUT2D eigenvalue weighted by Gasteiger charge is 2.25. The van der Waals surface area contributed by atoms with Crippen molar-refractivity contribution < 1.29 is 13.5 Å². The van der Waals surface area contributed by atoms with Crippen LogP contribution in [0.25, 0.3) is 5.82 Å². The lowest BCUT2D eigenvalue weighted by Gasteiger charge is -2.05. The smallest absolute Gasteiger partial charge is 0.351 e. The fourth-order valence-corrected chi connectivity index (χ4v) is 3.55. The molecule has 0 aliphatic rings. The van der Waals surface area contributed by atoms with E-state index >= 15 is 0 Å². The van der Waals surface area contributed by atoms with Crippen LogP contribution < -0.4 is 5.69 Å². The second kappa shape index (κ2) is 5.97. The minimum atomic E-state index is -4.29. The van der Waals surface area contributed by atoms with E-state index in [0.29, 0.717) is 10.0 Å². The summed E-state index contributed by atoms with van der Waals surface area (Å²) in [5, 5.41) is 10.7. The number of imidazole rings is 1. The lowest BCUT2D eigenvalue weighted by Crippen LogP contribution is -2.29. The van der Waals surface area contributed by atoms with Gasteiger partial charge in [-0.3, -0.25) is 0 Å². The van der Waals surface area contributed by atoms with Crippen LogP contribution in [0.2, 0.25) is 10.0 Å². The maximum Gasteiger partial charge on any atom is 0.351 e. The molecule has 7 nitrogen and oxygen atoms in total. The maximum atomic E-state index is 12.6.